The molecule has 1 aromatic carbocycles. The summed E-state index contributed by atoms with van der Waals surface area (Å²) in [6.07, 6.45) is 0.553. The van der Waals surface area contributed by atoms with E-state index >= 15 is 0 Å². The number of nitrogens with zero attached hydrogens (tertiary/aromatic N) is 4. The second-order valence-electron chi connectivity index (χ2n) is 7.24. The molecule has 9 heteroatoms. The van der Waals surface area contributed by atoms with Crippen LogP contribution in [0.1, 0.15) is 39.8 Å². The first-order chi connectivity index (χ1) is 15.1. The van der Waals surface area contributed by atoms with Crippen molar-refractivity contribution in [2.75, 3.05) is 32.1 Å². The molecule has 1 saturated heterocycles. The van der Waals surface area contributed by atoms with Gasteiger partial charge in [-0.1, -0.05) is 24.3 Å². The van der Waals surface area contributed by atoms with Crippen LogP contribution in [-0.4, -0.2) is 52.8 Å². The molecule has 1 fully saturated rings. The van der Waals surface area contributed by atoms with Crippen LogP contribution in [0.5, 0.6) is 5.75 Å². The minimum atomic E-state index is -0.301. The third kappa shape index (κ3) is 5.00. The lowest BCUT2D eigenvalue weighted by molar-refractivity contribution is -0.0247. The smallest absolute Gasteiger partial charge is 0.254 e. The van der Waals surface area contributed by atoms with Crippen LogP contribution < -0.4 is 10.1 Å². The van der Waals surface area contributed by atoms with Crippen LogP contribution in [0.2, 0.25) is 0 Å². The Hall–Kier alpha value is -3.04. The summed E-state index contributed by atoms with van der Waals surface area (Å²) in [4.78, 5) is 19.5. The van der Waals surface area contributed by atoms with Crippen LogP contribution in [0.25, 0.3) is 0 Å². The number of morpholine rings is 1. The molecule has 31 heavy (non-hydrogen) atoms. The molecule has 3 aromatic rings. The van der Waals surface area contributed by atoms with Gasteiger partial charge in [-0.15, -0.1) is 10.2 Å². The fourth-order valence-corrected chi connectivity index (χ4v) is 4.15. The quantitative estimate of drug-likeness (QED) is 0.625. The van der Waals surface area contributed by atoms with E-state index in [4.69, 9.17) is 9.47 Å². The Labute approximate surface area is 185 Å². The Morgan fingerprint density at radius 2 is 2.19 bits per heavy atom. The zero-order valence-electron chi connectivity index (χ0n) is 17.8. The molecule has 0 aliphatic carbocycles. The predicted molar refractivity (Wildman–Crippen MR) is 119 cm³/mol. The number of ether oxygens (including phenoxy) is 2. The molecular formula is C22H25N5O3S. The van der Waals surface area contributed by atoms with Crippen molar-refractivity contribution in [3.05, 3.63) is 58.4 Å². The second-order valence-corrected chi connectivity index (χ2v) is 8.31. The Kier molecular flexibility index (Phi) is 6.43. The van der Waals surface area contributed by atoms with E-state index in [9.17, 15) is 4.79 Å². The fraction of sp³-hybridized carbons (Fsp3) is 0.364. The van der Waals surface area contributed by atoms with Crippen molar-refractivity contribution in [1.29, 1.82) is 0 Å². The van der Waals surface area contributed by atoms with Crippen LogP contribution in [0.3, 0.4) is 0 Å². The first kappa shape index (κ1) is 21.2. The number of rotatable bonds is 6. The van der Waals surface area contributed by atoms with Crippen molar-refractivity contribution < 1.29 is 14.3 Å². The van der Waals surface area contributed by atoms with Gasteiger partial charge in [0.15, 0.2) is 0 Å². The van der Waals surface area contributed by atoms with Crippen LogP contribution in [0.15, 0.2) is 36.4 Å². The van der Waals surface area contributed by atoms with Gasteiger partial charge in [0.25, 0.3) is 5.91 Å². The number of methoxy groups -OCH3 is 1. The van der Waals surface area contributed by atoms with Crippen molar-refractivity contribution >= 4 is 28.1 Å². The van der Waals surface area contributed by atoms with Gasteiger partial charge in [-0.2, -0.15) is 0 Å². The number of carbonyl (C=O) groups is 1. The van der Waals surface area contributed by atoms with Gasteiger partial charge in [0.2, 0.25) is 5.13 Å². The number of nitrogens with one attached hydrogen (secondary N) is 1. The second kappa shape index (κ2) is 9.40. The Bertz CT molecular complexity index is 1070. The molecule has 0 unspecified atom stereocenters. The zero-order valence-corrected chi connectivity index (χ0v) is 18.6. The third-order valence-electron chi connectivity index (χ3n) is 4.99. The van der Waals surface area contributed by atoms with E-state index in [-0.39, 0.29) is 12.0 Å². The van der Waals surface area contributed by atoms with Crippen molar-refractivity contribution in [2.45, 2.75) is 26.4 Å². The highest BCUT2D eigenvalue weighted by molar-refractivity contribution is 7.15. The first-order valence-corrected chi connectivity index (χ1v) is 11.0. The summed E-state index contributed by atoms with van der Waals surface area (Å²) < 4.78 is 11.2. The van der Waals surface area contributed by atoms with E-state index in [2.05, 4.69) is 27.4 Å². The number of aromatic nitrogens is 3. The molecule has 0 spiro atoms. The van der Waals surface area contributed by atoms with Gasteiger partial charge in [-0.25, -0.2) is 0 Å². The predicted octanol–water partition coefficient (Wildman–Crippen LogP) is 3.77. The number of amides is 1. The third-order valence-corrected chi connectivity index (χ3v) is 5.98. The van der Waals surface area contributed by atoms with Gasteiger partial charge in [-0.3, -0.25) is 9.78 Å². The minimum Gasteiger partial charge on any atom is -0.497 e. The van der Waals surface area contributed by atoms with Gasteiger partial charge < -0.3 is 19.7 Å². The number of pyridine rings is 1. The number of aryl methyl sites for hydroxylation is 2. The monoisotopic (exact) mass is 439 g/mol. The highest BCUT2D eigenvalue weighted by Gasteiger charge is 2.27. The Balaban J connectivity index is 1.51. The van der Waals surface area contributed by atoms with E-state index in [0.29, 0.717) is 31.0 Å². The van der Waals surface area contributed by atoms with Crippen LogP contribution in [0, 0.1) is 6.92 Å². The molecule has 1 amide bonds. The molecule has 0 radical (unpaired) electrons. The summed E-state index contributed by atoms with van der Waals surface area (Å²) >= 11 is 1.53. The van der Waals surface area contributed by atoms with Crippen molar-refractivity contribution in [1.82, 2.24) is 20.1 Å². The van der Waals surface area contributed by atoms with Crippen molar-refractivity contribution in [2.24, 2.45) is 0 Å². The summed E-state index contributed by atoms with van der Waals surface area (Å²) in [5.74, 6) is 0.619. The molecule has 162 valence electrons. The SMILES string of the molecule is CCc1nnc(Nc2cc(C)nc([C@H]3CN(C(=O)c4cccc(OC)c4)CCO3)c2)s1. The highest BCUT2D eigenvalue weighted by atomic mass is 32.1. The summed E-state index contributed by atoms with van der Waals surface area (Å²) in [7, 11) is 1.59. The van der Waals surface area contributed by atoms with Gasteiger partial charge in [-0.05, 0) is 43.7 Å². The lowest BCUT2D eigenvalue weighted by Gasteiger charge is -2.33. The summed E-state index contributed by atoms with van der Waals surface area (Å²) in [6, 6.07) is 11.1. The fourth-order valence-electron chi connectivity index (χ4n) is 3.45. The van der Waals surface area contributed by atoms with E-state index in [1.165, 1.54) is 11.3 Å². The molecule has 1 atom stereocenters. The molecule has 1 N–H and O–H groups in total. The largest absolute Gasteiger partial charge is 0.497 e. The van der Waals surface area contributed by atoms with Gasteiger partial charge in [0.05, 0.1) is 26.0 Å². The number of hydrogen-bond acceptors (Lipinski definition) is 8. The van der Waals surface area contributed by atoms with E-state index in [1.807, 2.05) is 31.2 Å². The maximum absolute atomic E-state index is 13.0. The molecule has 8 nitrogen and oxygen atoms in total. The number of hydrogen-bond donors (Lipinski definition) is 1. The van der Waals surface area contributed by atoms with E-state index < -0.39 is 0 Å². The lowest BCUT2D eigenvalue weighted by Crippen LogP contribution is -2.42. The standard InChI is InChI=1S/C22H25N5O3S/c1-4-20-25-26-22(31-20)24-16-10-14(2)23-18(12-16)19-13-27(8-9-30-19)21(28)15-6-5-7-17(11-15)29-3/h5-7,10-12,19H,4,8-9,13H2,1-3H3,(H,23,24,26)/t19-/m1/s1. The van der Waals surface area contributed by atoms with E-state index in [1.54, 1.807) is 24.1 Å². The van der Waals surface area contributed by atoms with Crippen LogP contribution in [-0.2, 0) is 11.2 Å². The molecule has 1 aliphatic rings. The molecule has 0 bridgehead atoms. The number of benzene rings is 1. The minimum absolute atomic E-state index is 0.0424. The molecule has 0 saturated carbocycles. The zero-order chi connectivity index (χ0) is 21.8. The van der Waals surface area contributed by atoms with Crippen LogP contribution >= 0.6 is 11.3 Å². The van der Waals surface area contributed by atoms with Gasteiger partial charge in [0, 0.05) is 23.5 Å². The van der Waals surface area contributed by atoms with Crippen molar-refractivity contribution in [3.8, 4) is 5.75 Å². The number of anilines is 2. The summed E-state index contributed by atoms with van der Waals surface area (Å²) in [6.45, 7) is 5.42. The van der Waals surface area contributed by atoms with Gasteiger partial charge in [0.1, 0.15) is 16.9 Å². The van der Waals surface area contributed by atoms with Crippen molar-refractivity contribution in [3.63, 3.8) is 0 Å². The maximum atomic E-state index is 13.0. The lowest BCUT2D eigenvalue weighted by atomic mass is 10.1. The molecule has 4 rings (SSSR count). The Morgan fingerprint density at radius 1 is 1.32 bits per heavy atom. The van der Waals surface area contributed by atoms with Gasteiger partial charge >= 0.3 is 0 Å². The molecule has 2 aromatic heterocycles. The Morgan fingerprint density at radius 3 is 2.97 bits per heavy atom. The highest BCUT2D eigenvalue weighted by Crippen LogP contribution is 2.27. The normalized spacial score (nSPS) is 16.2. The summed E-state index contributed by atoms with van der Waals surface area (Å²) in [5.41, 5.74) is 3.12. The first-order valence-electron chi connectivity index (χ1n) is 10.2. The topological polar surface area (TPSA) is 89.5 Å². The molecular weight excluding hydrogens is 414 g/mol. The molecule has 3 heterocycles. The average Bonchev–Trinajstić information content (AvgIpc) is 3.25. The maximum Gasteiger partial charge on any atom is 0.254 e. The van der Waals surface area contributed by atoms with E-state index in [0.717, 1.165) is 33.6 Å². The molecule has 1 aliphatic heterocycles. The van der Waals surface area contributed by atoms with Crippen LogP contribution in [0.4, 0.5) is 10.8 Å². The summed E-state index contributed by atoms with van der Waals surface area (Å²) in [5, 5.41) is 13.4. The number of carbonyl (C=O) groups excluding carboxylic acids is 1. The average molecular weight is 440 g/mol.